The van der Waals surface area contributed by atoms with Crippen LogP contribution in [0.2, 0.25) is 5.02 Å². The molecule has 0 aliphatic heterocycles. The maximum Gasteiger partial charge on any atom is 0.261 e. The summed E-state index contributed by atoms with van der Waals surface area (Å²) in [5.41, 5.74) is 0.678. The molecule has 0 bridgehead atoms. The number of fused-ring (bicyclic) bond motifs is 1. The fourth-order valence-electron chi connectivity index (χ4n) is 2.43. The molecule has 0 amide bonds. The van der Waals surface area contributed by atoms with Gasteiger partial charge in [-0.25, -0.2) is 4.98 Å². The van der Waals surface area contributed by atoms with Crippen LogP contribution in [0, 0.1) is 0 Å². The average molecular weight is 308 g/mol. The Morgan fingerprint density at radius 1 is 1.38 bits per heavy atom. The van der Waals surface area contributed by atoms with Crippen LogP contribution < -0.4 is 10.9 Å². The molecule has 1 aromatic heterocycles. The predicted octanol–water partition coefficient (Wildman–Crippen LogP) is 3.52. The van der Waals surface area contributed by atoms with Crippen molar-refractivity contribution in [3.05, 3.63) is 39.4 Å². The largest absolute Gasteiger partial charge is 0.308 e. The van der Waals surface area contributed by atoms with Gasteiger partial charge in [-0.2, -0.15) is 0 Å². The van der Waals surface area contributed by atoms with E-state index in [9.17, 15) is 4.79 Å². The van der Waals surface area contributed by atoms with Crippen LogP contribution in [0.25, 0.3) is 10.9 Å². The second-order valence-corrected chi connectivity index (χ2v) is 5.65. The van der Waals surface area contributed by atoms with Gasteiger partial charge < -0.3 is 5.32 Å². The highest BCUT2D eigenvalue weighted by Crippen LogP contribution is 2.17. The molecule has 0 spiro atoms. The van der Waals surface area contributed by atoms with Crippen LogP contribution in [0.5, 0.6) is 0 Å². The standard InChI is InChI=1S/C16H22ClN3O/c1-4-6-9-18-11(3)15-19-14-8-7-12(17)10-13(14)16(21)20(15)5-2/h7-8,10-11,18H,4-6,9H2,1-3H3/t11-/m0/s1. The number of hydrogen-bond donors (Lipinski definition) is 1. The van der Waals surface area contributed by atoms with Crippen molar-refractivity contribution >= 4 is 22.5 Å². The van der Waals surface area contributed by atoms with E-state index >= 15 is 0 Å². The summed E-state index contributed by atoms with van der Waals surface area (Å²) in [5.74, 6) is 0.786. The van der Waals surface area contributed by atoms with Crippen molar-refractivity contribution in [2.75, 3.05) is 6.54 Å². The first kappa shape index (κ1) is 16.0. The van der Waals surface area contributed by atoms with Crippen LogP contribution in [0.1, 0.15) is 45.5 Å². The van der Waals surface area contributed by atoms with Crippen molar-refractivity contribution in [2.24, 2.45) is 0 Å². The number of unbranched alkanes of at least 4 members (excludes halogenated alkanes) is 1. The molecule has 0 radical (unpaired) electrons. The predicted molar refractivity (Wildman–Crippen MR) is 88.0 cm³/mol. The highest BCUT2D eigenvalue weighted by Gasteiger charge is 2.15. The Balaban J connectivity index is 2.48. The van der Waals surface area contributed by atoms with Gasteiger partial charge in [-0.1, -0.05) is 24.9 Å². The van der Waals surface area contributed by atoms with E-state index in [1.165, 1.54) is 0 Å². The minimum absolute atomic E-state index is 0.0239. The zero-order valence-electron chi connectivity index (χ0n) is 12.8. The van der Waals surface area contributed by atoms with Crippen molar-refractivity contribution < 1.29 is 0 Å². The van der Waals surface area contributed by atoms with Crippen molar-refractivity contribution in [3.8, 4) is 0 Å². The second kappa shape index (κ2) is 7.05. The lowest BCUT2D eigenvalue weighted by atomic mass is 10.2. The minimum Gasteiger partial charge on any atom is -0.308 e. The molecule has 1 atom stereocenters. The maximum absolute atomic E-state index is 12.6. The van der Waals surface area contributed by atoms with Crippen LogP contribution in [-0.4, -0.2) is 16.1 Å². The number of nitrogens with zero attached hydrogens (tertiary/aromatic N) is 2. The van der Waals surface area contributed by atoms with E-state index in [1.54, 1.807) is 22.8 Å². The molecular weight excluding hydrogens is 286 g/mol. The van der Waals surface area contributed by atoms with Crippen LogP contribution in [0.3, 0.4) is 0 Å². The van der Waals surface area contributed by atoms with E-state index < -0.39 is 0 Å². The van der Waals surface area contributed by atoms with Gasteiger partial charge in [0.2, 0.25) is 0 Å². The molecule has 2 rings (SSSR count). The van der Waals surface area contributed by atoms with E-state index in [0.29, 0.717) is 22.5 Å². The molecule has 4 nitrogen and oxygen atoms in total. The Hall–Kier alpha value is -1.39. The third-order valence-electron chi connectivity index (χ3n) is 3.63. The minimum atomic E-state index is -0.0239. The molecule has 0 unspecified atom stereocenters. The lowest BCUT2D eigenvalue weighted by molar-refractivity contribution is 0.497. The molecule has 0 aliphatic rings. The highest BCUT2D eigenvalue weighted by molar-refractivity contribution is 6.31. The lowest BCUT2D eigenvalue weighted by Crippen LogP contribution is -2.31. The zero-order valence-corrected chi connectivity index (χ0v) is 13.6. The van der Waals surface area contributed by atoms with Crippen LogP contribution >= 0.6 is 11.6 Å². The third kappa shape index (κ3) is 3.44. The van der Waals surface area contributed by atoms with Crippen molar-refractivity contribution in [2.45, 2.75) is 46.2 Å². The molecule has 1 aromatic carbocycles. The van der Waals surface area contributed by atoms with Crippen LogP contribution in [0.15, 0.2) is 23.0 Å². The molecule has 2 aromatic rings. The number of rotatable bonds is 6. The van der Waals surface area contributed by atoms with Crippen LogP contribution in [-0.2, 0) is 6.54 Å². The summed E-state index contributed by atoms with van der Waals surface area (Å²) in [7, 11) is 0. The van der Waals surface area contributed by atoms with Gasteiger partial charge >= 0.3 is 0 Å². The van der Waals surface area contributed by atoms with Gasteiger partial charge in [-0.15, -0.1) is 0 Å². The van der Waals surface area contributed by atoms with E-state index in [0.717, 1.165) is 25.2 Å². The number of benzene rings is 1. The summed E-state index contributed by atoms with van der Waals surface area (Å²) < 4.78 is 1.72. The summed E-state index contributed by atoms with van der Waals surface area (Å²) in [6.07, 6.45) is 2.26. The summed E-state index contributed by atoms with van der Waals surface area (Å²) in [5, 5.41) is 4.57. The molecule has 5 heteroatoms. The quantitative estimate of drug-likeness (QED) is 0.831. The summed E-state index contributed by atoms with van der Waals surface area (Å²) in [4.78, 5) is 17.3. The first-order chi connectivity index (χ1) is 10.1. The van der Waals surface area contributed by atoms with Gasteiger partial charge in [-0.05, 0) is 45.0 Å². The molecule has 0 saturated heterocycles. The Kier molecular flexibility index (Phi) is 5.37. The van der Waals surface area contributed by atoms with Crippen molar-refractivity contribution in [1.29, 1.82) is 0 Å². The second-order valence-electron chi connectivity index (χ2n) is 5.21. The molecule has 0 fully saturated rings. The van der Waals surface area contributed by atoms with E-state index in [1.807, 2.05) is 13.8 Å². The fourth-order valence-corrected chi connectivity index (χ4v) is 2.61. The van der Waals surface area contributed by atoms with Crippen molar-refractivity contribution in [3.63, 3.8) is 0 Å². The summed E-state index contributed by atoms with van der Waals surface area (Å²) in [6.45, 7) is 7.69. The zero-order chi connectivity index (χ0) is 15.4. The lowest BCUT2D eigenvalue weighted by Gasteiger charge is -2.18. The fraction of sp³-hybridized carbons (Fsp3) is 0.500. The SMILES string of the molecule is CCCCN[C@@H](C)c1nc2ccc(Cl)cc2c(=O)n1CC. The molecule has 0 saturated carbocycles. The Morgan fingerprint density at radius 2 is 2.14 bits per heavy atom. The molecule has 0 aliphatic carbocycles. The highest BCUT2D eigenvalue weighted by atomic mass is 35.5. The third-order valence-corrected chi connectivity index (χ3v) is 3.87. The molecule has 1 N–H and O–H groups in total. The van der Waals surface area contributed by atoms with Crippen LogP contribution in [0.4, 0.5) is 0 Å². The Labute approximate surface area is 130 Å². The number of halogens is 1. The molecular formula is C16H22ClN3O. The van der Waals surface area contributed by atoms with E-state index in [2.05, 4.69) is 17.2 Å². The first-order valence-electron chi connectivity index (χ1n) is 7.51. The monoisotopic (exact) mass is 307 g/mol. The topological polar surface area (TPSA) is 46.9 Å². The normalized spacial score (nSPS) is 12.8. The van der Waals surface area contributed by atoms with Gasteiger partial charge in [0, 0.05) is 11.6 Å². The number of nitrogens with one attached hydrogen (secondary N) is 1. The number of aromatic nitrogens is 2. The molecule has 1 heterocycles. The van der Waals surface area contributed by atoms with E-state index in [4.69, 9.17) is 11.6 Å². The average Bonchev–Trinajstić information content (AvgIpc) is 2.48. The van der Waals surface area contributed by atoms with Gasteiger partial charge in [0.1, 0.15) is 5.82 Å². The Bertz CT molecular complexity index is 681. The first-order valence-corrected chi connectivity index (χ1v) is 7.89. The van der Waals surface area contributed by atoms with Gasteiger partial charge in [0.05, 0.1) is 16.9 Å². The summed E-state index contributed by atoms with van der Waals surface area (Å²) in [6, 6.07) is 5.31. The number of hydrogen-bond acceptors (Lipinski definition) is 3. The Morgan fingerprint density at radius 3 is 2.81 bits per heavy atom. The van der Waals surface area contributed by atoms with Crippen molar-refractivity contribution in [1.82, 2.24) is 14.9 Å². The van der Waals surface area contributed by atoms with Gasteiger partial charge in [-0.3, -0.25) is 9.36 Å². The van der Waals surface area contributed by atoms with Gasteiger partial charge in [0.25, 0.3) is 5.56 Å². The van der Waals surface area contributed by atoms with Gasteiger partial charge in [0.15, 0.2) is 0 Å². The molecule has 21 heavy (non-hydrogen) atoms. The summed E-state index contributed by atoms with van der Waals surface area (Å²) >= 11 is 5.98. The smallest absolute Gasteiger partial charge is 0.261 e. The molecule has 114 valence electrons. The maximum atomic E-state index is 12.6. The van der Waals surface area contributed by atoms with E-state index in [-0.39, 0.29) is 11.6 Å².